The number of hydrogen-bond acceptors (Lipinski definition) is 3. The average Bonchev–Trinajstić information content (AvgIpc) is 2.38. The highest BCUT2D eigenvalue weighted by Gasteiger charge is 2.27. The fraction of sp³-hybridized carbons (Fsp3) is 0.625. The largest absolute Gasteiger partial charge is 0.375 e. The van der Waals surface area contributed by atoms with Crippen LogP contribution in [0.5, 0.6) is 0 Å². The van der Waals surface area contributed by atoms with Gasteiger partial charge in [0.1, 0.15) is 0 Å². The Labute approximate surface area is 130 Å². The summed E-state index contributed by atoms with van der Waals surface area (Å²) >= 11 is 3.47. The van der Waals surface area contributed by atoms with Gasteiger partial charge in [-0.15, -0.1) is 0 Å². The van der Waals surface area contributed by atoms with Crippen molar-refractivity contribution in [2.45, 2.75) is 51.1 Å². The van der Waals surface area contributed by atoms with E-state index in [-0.39, 0.29) is 24.4 Å². The predicted molar refractivity (Wildman–Crippen MR) is 84.9 cm³/mol. The van der Waals surface area contributed by atoms with E-state index in [1.54, 1.807) is 0 Å². The molecule has 1 N–H and O–H groups in total. The van der Waals surface area contributed by atoms with Crippen molar-refractivity contribution in [1.29, 1.82) is 0 Å². The molecule has 1 aromatic carbocycles. The monoisotopic (exact) mass is 341 g/mol. The highest BCUT2D eigenvalue weighted by Crippen LogP contribution is 2.28. The maximum Gasteiger partial charge on any atom is 0.0952 e. The number of ether oxygens (including phenoxy) is 2. The van der Waals surface area contributed by atoms with Crippen LogP contribution in [0.4, 0.5) is 0 Å². The van der Waals surface area contributed by atoms with Crippen LogP contribution in [0.1, 0.15) is 38.4 Å². The first-order chi connectivity index (χ1) is 9.58. The molecule has 0 bridgehead atoms. The van der Waals surface area contributed by atoms with E-state index in [2.05, 4.69) is 59.4 Å². The van der Waals surface area contributed by atoms with Gasteiger partial charge in [0.25, 0.3) is 0 Å². The molecule has 3 nitrogen and oxygen atoms in total. The first-order valence-electron chi connectivity index (χ1n) is 7.29. The Balaban J connectivity index is 2.03. The Morgan fingerprint density at radius 3 is 2.40 bits per heavy atom. The molecule has 112 valence electrons. The quantitative estimate of drug-likeness (QED) is 0.885. The van der Waals surface area contributed by atoms with E-state index in [9.17, 15) is 0 Å². The third-order valence-electron chi connectivity index (χ3n) is 3.64. The molecule has 20 heavy (non-hydrogen) atoms. The van der Waals surface area contributed by atoms with Gasteiger partial charge in [-0.3, -0.25) is 0 Å². The molecule has 4 heteroatoms. The van der Waals surface area contributed by atoms with Crippen molar-refractivity contribution in [2.75, 3.05) is 13.6 Å². The molecule has 0 aromatic heterocycles. The van der Waals surface area contributed by atoms with Crippen LogP contribution in [0.2, 0.25) is 0 Å². The molecule has 2 rings (SSSR count). The second-order valence-corrected chi connectivity index (χ2v) is 6.50. The fourth-order valence-corrected chi connectivity index (χ4v) is 3.06. The first kappa shape index (κ1) is 16.0. The zero-order chi connectivity index (χ0) is 14.5. The molecule has 1 aliphatic rings. The Morgan fingerprint density at radius 2 is 1.85 bits per heavy atom. The van der Waals surface area contributed by atoms with Crippen LogP contribution in [0, 0.1) is 0 Å². The van der Waals surface area contributed by atoms with E-state index in [0.29, 0.717) is 0 Å². The van der Waals surface area contributed by atoms with E-state index in [4.69, 9.17) is 9.47 Å². The topological polar surface area (TPSA) is 30.5 Å². The van der Waals surface area contributed by atoms with Crippen LogP contribution >= 0.6 is 15.9 Å². The third-order valence-corrected chi connectivity index (χ3v) is 4.17. The summed E-state index contributed by atoms with van der Waals surface area (Å²) in [6, 6.07) is 8.38. The average molecular weight is 342 g/mol. The number of halogens is 1. The second kappa shape index (κ2) is 7.55. The van der Waals surface area contributed by atoms with Gasteiger partial charge >= 0.3 is 0 Å². The van der Waals surface area contributed by atoms with Crippen LogP contribution in [-0.4, -0.2) is 31.9 Å². The van der Waals surface area contributed by atoms with Gasteiger partial charge in [0.15, 0.2) is 0 Å². The Bertz CT molecular complexity index is 399. The second-order valence-electron chi connectivity index (χ2n) is 5.58. The lowest BCUT2D eigenvalue weighted by Crippen LogP contribution is -2.36. The molecule has 0 spiro atoms. The van der Waals surface area contributed by atoms with Gasteiger partial charge in [-0.1, -0.05) is 28.1 Å². The summed E-state index contributed by atoms with van der Waals surface area (Å²) in [4.78, 5) is 0. The highest BCUT2D eigenvalue weighted by atomic mass is 79.9. The Morgan fingerprint density at radius 1 is 1.25 bits per heavy atom. The first-order valence-corrected chi connectivity index (χ1v) is 8.08. The van der Waals surface area contributed by atoms with E-state index in [0.717, 1.165) is 23.9 Å². The molecular weight excluding hydrogens is 318 g/mol. The standard InChI is InChI=1S/C16H24BrNO2/c1-11-8-15(9-12(2)19-11)20-16(10-18-3)13-4-6-14(17)7-5-13/h4-7,11-12,15-16,18H,8-10H2,1-3H3. The van der Waals surface area contributed by atoms with Crippen molar-refractivity contribution in [3.8, 4) is 0 Å². The van der Waals surface area contributed by atoms with Crippen molar-refractivity contribution >= 4 is 15.9 Å². The van der Waals surface area contributed by atoms with Gasteiger partial charge < -0.3 is 14.8 Å². The minimum absolute atomic E-state index is 0.0931. The van der Waals surface area contributed by atoms with Crippen molar-refractivity contribution in [3.05, 3.63) is 34.3 Å². The molecule has 0 aliphatic carbocycles. The minimum Gasteiger partial charge on any atom is -0.375 e. The molecule has 1 aliphatic heterocycles. The molecule has 3 atom stereocenters. The third kappa shape index (κ3) is 4.55. The van der Waals surface area contributed by atoms with E-state index >= 15 is 0 Å². The van der Waals surface area contributed by atoms with Crippen LogP contribution in [0.3, 0.4) is 0 Å². The normalized spacial score (nSPS) is 28.3. The number of likely N-dealkylation sites (N-methyl/N-ethyl adjacent to an activating group) is 1. The Hall–Kier alpha value is -0.420. The lowest BCUT2D eigenvalue weighted by Gasteiger charge is -2.34. The molecule has 1 heterocycles. The summed E-state index contributed by atoms with van der Waals surface area (Å²) in [5, 5.41) is 3.22. The van der Waals surface area contributed by atoms with Crippen LogP contribution in [0.25, 0.3) is 0 Å². The van der Waals surface area contributed by atoms with Crippen LogP contribution in [-0.2, 0) is 9.47 Å². The Kier molecular flexibility index (Phi) is 6.02. The molecular formula is C16H24BrNO2. The van der Waals surface area contributed by atoms with Gasteiger partial charge in [-0.05, 0) is 51.4 Å². The highest BCUT2D eigenvalue weighted by molar-refractivity contribution is 9.10. The molecule has 0 radical (unpaired) electrons. The number of nitrogens with one attached hydrogen (secondary N) is 1. The molecule has 1 aromatic rings. The summed E-state index contributed by atoms with van der Waals surface area (Å²) < 4.78 is 13.2. The number of hydrogen-bond donors (Lipinski definition) is 1. The van der Waals surface area contributed by atoms with E-state index in [1.165, 1.54) is 5.56 Å². The lowest BCUT2D eigenvalue weighted by atomic mass is 10.0. The zero-order valence-electron chi connectivity index (χ0n) is 12.4. The fourth-order valence-electron chi connectivity index (χ4n) is 2.80. The van der Waals surface area contributed by atoms with Gasteiger partial charge in [-0.25, -0.2) is 0 Å². The number of rotatable bonds is 5. The summed E-state index contributed by atoms with van der Waals surface area (Å²) in [5.41, 5.74) is 1.22. The maximum absolute atomic E-state index is 6.34. The number of benzene rings is 1. The smallest absolute Gasteiger partial charge is 0.0952 e. The van der Waals surface area contributed by atoms with Crippen molar-refractivity contribution in [1.82, 2.24) is 5.32 Å². The SMILES string of the molecule is CNCC(OC1CC(C)OC(C)C1)c1ccc(Br)cc1. The molecule has 3 unspecified atom stereocenters. The van der Waals surface area contributed by atoms with Gasteiger partial charge in [0.05, 0.1) is 24.4 Å². The van der Waals surface area contributed by atoms with Gasteiger partial charge in [0.2, 0.25) is 0 Å². The maximum atomic E-state index is 6.34. The summed E-state index contributed by atoms with van der Waals surface area (Å²) in [5.74, 6) is 0. The van der Waals surface area contributed by atoms with E-state index < -0.39 is 0 Å². The van der Waals surface area contributed by atoms with Crippen molar-refractivity contribution < 1.29 is 9.47 Å². The minimum atomic E-state index is 0.0931. The summed E-state index contributed by atoms with van der Waals surface area (Å²) in [6.07, 6.45) is 2.88. The molecule has 0 amide bonds. The van der Waals surface area contributed by atoms with Crippen LogP contribution in [0.15, 0.2) is 28.7 Å². The van der Waals surface area contributed by atoms with Gasteiger partial charge in [-0.2, -0.15) is 0 Å². The van der Waals surface area contributed by atoms with Crippen LogP contribution < -0.4 is 5.32 Å². The summed E-state index contributed by atoms with van der Waals surface area (Å²) in [6.45, 7) is 5.07. The molecule has 0 saturated carbocycles. The van der Waals surface area contributed by atoms with E-state index in [1.807, 2.05) is 7.05 Å². The molecule has 1 fully saturated rings. The summed E-state index contributed by atoms with van der Waals surface area (Å²) in [7, 11) is 1.96. The zero-order valence-corrected chi connectivity index (χ0v) is 14.0. The van der Waals surface area contributed by atoms with Crippen molar-refractivity contribution in [3.63, 3.8) is 0 Å². The van der Waals surface area contributed by atoms with Gasteiger partial charge in [0, 0.05) is 11.0 Å². The predicted octanol–water partition coefficient (Wildman–Crippen LogP) is 3.68. The molecule has 1 saturated heterocycles. The van der Waals surface area contributed by atoms with Crippen molar-refractivity contribution in [2.24, 2.45) is 0 Å². The lowest BCUT2D eigenvalue weighted by molar-refractivity contribution is -0.121.